The average Bonchev–Trinajstić information content (AvgIpc) is 3.11. The monoisotopic (exact) mass is 440 g/mol. The molecule has 1 amide bonds. The fraction of sp³-hybridized carbons (Fsp3) is 0.273. The molecule has 2 aromatic heterocycles. The highest BCUT2D eigenvalue weighted by Gasteiger charge is 2.11. The smallest absolute Gasteiger partial charge is 0.266 e. The van der Waals surface area contributed by atoms with Gasteiger partial charge in [0.25, 0.3) is 5.56 Å². The largest absolute Gasteiger partial charge is 0.493 e. The van der Waals surface area contributed by atoms with E-state index in [0.29, 0.717) is 17.2 Å². The first kappa shape index (κ1) is 22.2. The lowest BCUT2D eigenvalue weighted by Crippen LogP contribution is -2.31. The average molecular weight is 441 g/mol. The number of nitrogens with zero attached hydrogens (tertiary/aromatic N) is 3. The molecule has 2 heterocycles. The van der Waals surface area contributed by atoms with Crippen molar-refractivity contribution in [3.05, 3.63) is 63.0 Å². The van der Waals surface area contributed by atoms with Crippen molar-refractivity contribution in [1.82, 2.24) is 20.1 Å². The minimum atomic E-state index is -0.270. The first-order valence-corrected chi connectivity index (χ1v) is 10.4. The fourth-order valence-corrected chi connectivity index (χ4v) is 3.86. The molecule has 1 aromatic carbocycles. The van der Waals surface area contributed by atoms with Crippen LogP contribution < -0.4 is 20.3 Å². The van der Waals surface area contributed by atoms with Gasteiger partial charge in [0, 0.05) is 18.7 Å². The number of benzene rings is 1. The van der Waals surface area contributed by atoms with Crippen molar-refractivity contribution < 1.29 is 14.3 Å². The van der Waals surface area contributed by atoms with Crippen LogP contribution in [0.2, 0.25) is 0 Å². The second-order valence-electron chi connectivity index (χ2n) is 6.67. The third-order valence-electron chi connectivity index (χ3n) is 4.46. The summed E-state index contributed by atoms with van der Waals surface area (Å²) in [5.41, 5.74) is 2.16. The number of amides is 1. The first-order chi connectivity index (χ1) is 14.9. The minimum absolute atomic E-state index is 0.224. The predicted octanol–water partition coefficient (Wildman–Crippen LogP) is 2.83. The molecule has 0 unspecified atom stereocenters. The number of carbonyl (C=O) groups is 1. The van der Waals surface area contributed by atoms with Crippen molar-refractivity contribution in [3.8, 4) is 22.1 Å². The van der Waals surface area contributed by atoms with Gasteiger partial charge in [-0.1, -0.05) is 6.07 Å². The van der Waals surface area contributed by atoms with Gasteiger partial charge >= 0.3 is 0 Å². The van der Waals surface area contributed by atoms with Crippen molar-refractivity contribution in [2.45, 2.75) is 20.4 Å². The molecule has 162 valence electrons. The summed E-state index contributed by atoms with van der Waals surface area (Å²) in [7, 11) is 3.12. The summed E-state index contributed by atoms with van der Waals surface area (Å²) < 4.78 is 11.8. The van der Waals surface area contributed by atoms with E-state index in [2.05, 4.69) is 15.4 Å². The maximum absolute atomic E-state index is 12.1. The minimum Gasteiger partial charge on any atom is -0.493 e. The summed E-state index contributed by atoms with van der Waals surface area (Å²) in [5.74, 6) is 0.933. The molecule has 0 atom stereocenters. The molecule has 8 nitrogen and oxygen atoms in total. The maximum atomic E-state index is 12.1. The molecule has 3 rings (SSSR count). The van der Waals surface area contributed by atoms with Gasteiger partial charge in [-0.3, -0.25) is 9.59 Å². The molecule has 9 heteroatoms. The topological polar surface area (TPSA) is 95.3 Å². The Morgan fingerprint density at radius 1 is 1.16 bits per heavy atom. The van der Waals surface area contributed by atoms with Gasteiger partial charge in [0.1, 0.15) is 5.69 Å². The highest BCUT2D eigenvalue weighted by molar-refractivity contribution is 7.15. The van der Waals surface area contributed by atoms with Crippen LogP contribution in [-0.2, 0) is 11.3 Å². The number of hydrogen-bond donors (Lipinski definition) is 1. The molecular formula is C22H24N4O4S. The number of ether oxygens (including phenoxy) is 2. The quantitative estimate of drug-likeness (QED) is 0.541. The third-order valence-corrected chi connectivity index (χ3v) is 5.56. The Balaban J connectivity index is 1.60. The van der Waals surface area contributed by atoms with E-state index in [1.165, 1.54) is 28.2 Å². The molecule has 0 aliphatic carbocycles. The zero-order valence-corrected chi connectivity index (χ0v) is 18.7. The normalized spacial score (nSPS) is 11.0. The molecule has 31 heavy (non-hydrogen) atoms. The molecule has 0 fully saturated rings. The van der Waals surface area contributed by atoms with Gasteiger partial charge in [-0.05, 0) is 43.7 Å². The molecular weight excluding hydrogens is 416 g/mol. The summed E-state index contributed by atoms with van der Waals surface area (Å²) in [6.07, 6.45) is 3.11. The second kappa shape index (κ2) is 10.0. The van der Waals surface area contributed by atoms with E-state index in [1.54, 1.807) is 38.5 Å². The zero-order chi connectivity index (χ0) is 22.4. The summed E-state index contributed by atoms with van der Waals surface area (Å²) in [6, 6.07) is 8.55. The molecule has 0 saturated carbocycles. The van der Waals surface area contributed by atoms with Crippen LogP contribution in [0.3, 0.4) is 0 Å². The number of methoxy groups -OCH3 is 2. The Labute approximate surface area is 184 Å². The molecule has 0 spiro atoms. The molecule has 0 aliphatic heterocycles. The van der Waals surface area contributed by atoms with Crippen molar-refractivity contribution in [2.24, 2.45) is 0 Å². The van der Waals surface area contributed by atoms with E-state index in [4.69, 9.17) is 9.47 Å². The lowest BCUT2D eigenvalue weighted by Gasteiger charge is -2.08. The van der Waals surface area contributed by atoms with Gasteiger partial charge in [-0.2, -0.15) is 5.10 Å². The molecule has 0 radical (unpaired) electrons. The Morgan fingerprint density at radius 3 is 2.61 bits per heavy atom. The van der Waals surface area contributed by atoms with Crippen LogP contribution in [0.5, 0.6) is 11.5 Å². The van der Waals surface area contributed by atoms with Crippen LogP contribution in [0.25, 0.3) is 16.6 Å². The van der Waals surface area contributed by atoms with Crippen molar-refractivity contribution in [3.63, 3.8) is 0 Å². The van der Waals surface area contributed by atoms with Gasteiger partial charge in [0.05, 0.1) is 36.3 Å². The second-order valence-corrected chi connectivity index (χ2v) is 7.87. The highest BCUT2D eigenvalue weighted by atomic mass is 32.1. The molecule has 0 bridgehead atoms. The lowest BCUT2D eigenvalue weighted by molar-refractivity contribution is -0.116. The van der Waals surface area contributed by atoms with E-state index in [1.807, 2.05) is 19.9 Å². The highest BCUT2D eigenvalue weighted by Crippen LogP contribution is 2.28. The lowest BCUT2D eigenvalue weighted by atomic mass is 10.2. The third kappa shape index (κ3) is 5.58. The van der Waals surface area contributed by atoms with Gasteiger partial charge in [0.2, 0.25) is 5.91 Å². The summed E-state index contributed by atoms with van der Waals surface area (Å²) in [5, 5.41) is 8.13. The Kier molecular flexibility index (Phi) is 7.19. The number of aryl methyl sites for hydroxylation is 2. The fourth-order valence-electron chi connectivity index (χ4n) is 2.97. The van der Waals surface area contributed by atoms with Gasteiger partial charge in [0.15, 0.2) is 11.5 Å². The summed E-state index contributed by atoms with van der Waals surface area (Å²) in [6.45, 7) is 4.38. The Bertz CT molecular complexity index is 1170. The maximum Gasteiger partial charge on any atom is 0.266 e. The van der Waals surface area contributed by atoms with Gasteiger partial charge in [-0.15, -0.1) is 11.3 Å². The number of aromatic nitrogens is 3. The van der Waals surface area contributed by atoms with Crippen LogP contribution >= 0.6 is 11.3 Å². The molecule has 0 saturated heterocycles. The van der Waals surface area contributed by atoms with E-state index >= 15 is 0 Å². The van der Waals surface area contributed by atoms with Crippen LogP contribution in [0, 0.1) is 13.8 Å². The number of nitrogens with one attached hydrogen (secondary N) is 1. The van der Waals surface area contributed by atoms with Crippen molar-refractivity contribution in [2.75, 3.05) is 20.8 Å². The number of thiazole rings is 1. The van der Waals surface area contributed by atoms with Crippen LogP contribution in [-0.4, -0.2) is 41.4 Å². The SMILES string of the molecule is COc1ccc(C=CC(=O)NCCn2nc(-c3sc(C)nc3C)ccc2=O)cc1OC. The van der Waals surface area contributed by atoms with E-state index < -0.39 is 0 Å². The zero-order valence-electron chi connectivity index (χ0n) is 17.8. The Morgan fingerprint density at radius 2 is 1.94 bits per heavy atom. The first-order valence-electron chi connectivity index (χ1n) is 9.61. The van der Waals surface area contributed by atoms with Crippen molar-refractivity contribution in [1.29, 1.82) is 0 Å². The Hall–Kier alpha value is -3.46. The molecule has 0 aliphatic rings. The van der Waals surface area contributed by atoms with E-state index in [9.17, 15) is 9.59 Å². The van der Waals surface area contributed by atoms with Crippen LogP contribution in [0.15, 0.2) is 41.2 Å². The number of carbonyl (C=O) groups excluding carboxylic acids is 1. The van der Waals surface area contributed by atoms with Crippen molar-refractivity contribution >= 4 is 23.3 Å². The number of hydrogen-bond acceptors (Lipinski definition) is 7. The summed E-state index contributed by atoms with van der Waals surface area (Å²) in [4.78, 5) is 29.6. The van der Waals surface area contributed by atoms with Crippen LogP contribution in [0.4, 0.5) is 0 Å². The molecule has 3 aromatic rings. The predicted molar refractivity (Wildman–Crippen MR) is 121 cm³/mol. The van der Waals surface area contributed by atoms with E-state index in [-0.39, 0.29) is 24.6 Å². The summed E-state index contributed by atoms with van der Waals surface area (Å²) >= 11 is 1.54. The number of rotatable bonds is 8. The van der Waals surface area contributed by atoms with Gasteiger partial charge < -0.3 is 14.8 Å². The molecule has 1 N–H and O–H groups in total. The van der Waals surface area contributed by atoms with Crippen LogP contribution in [0.1, 0.15) is 16.3 Å². The van der Waals surface area contributed by atoms with Gasteiger partial charge in [-0.25, -0.2) is 9.67 Å². The standard InChI is InChI=1S/C22H24N4O4S/c1-14-22(31-15(2)24-14)17-7-10-21(28)26(25-17)12-11-23-20(27)9-6-16-5-8-18(29-3)19(13-16)30-4/h5-10,13H,11-12H2,1-4H3,(H,23,27). The van der Waals surface area contributed by atoms with E-state index in [0.717, 1.165) is 21.1 Å².